The molecule has 0 bridgehead atoms. The first kappa shape index (κ1) is 22.8. The fraction of sp³-hybridized carbons (Fsp3) is 0.148. The zero-order valence-corrected chi connectivity index (χ0v) is 18.9. The number of benzene rings is 3. The number of hydrogen-bond acceptors (Lipinski definition) is 5. The number of hydrogen-bond donors (Lipinski definition) is 1. The monoisotopic (exact) mass is 454 g/mol. The Kier molecular flexibility index (Phi) is 7.69. The van der Waals surface area contributed by atoms with Crippen LogP contribution in [0.1, 0.15) is 18.9 Å². The van der Waals surface area contributed by atoms with Gasteiger partial charge in [-0.05, 0) is 55.0 Å². The molecule has 1 aromatic heterocycles. The Labute approximate surface area is 198 Å². The fourth-order valence-corrected chi connectivity index (χ4v) is 3.22. The smallest absolute Gasteiger partial charge is 0.277 e. The molecular weight excluding hydrogens is 428 g/mol. The van der Waals surface area contributed by atoms with Crippen LogP contribution in [0, 0.1) is 0 Å². The van der Waals surface area contributed by atoms with Crippen LogP contribution in [0.25, 0.3) is 16.9 Å². The van der Waals surface area contributed by atoms with E-state index in [9.17, 15) is 4.79 Å². The van der Waals surface area contributed by atoms with E-state index < -0.39 is 0 Å². The normalized spacial score (nSPS) is 10.9. The molecule has 0 aliphatic rings. The van der Waals surface area contributed by atoms with E-state index in [1.54, 1.807) is 23.0 Å². The Bertz CT molecular complexity index is 1220. The Morgan fingerprint density at radius 1 is 0.941 bits per heavy atom. The van der Waals surface area contributed by atoms with Crippen LogP contribution in [-0.2, 0) is 4.79 Å². The number of hydrazone groups is 1. The Morgan fingerprint density at radius 3 is 2.32 bits per heavy atom. The maximum Gasteiger partial charge on any atom is 0.277 e. The number of ether oxygens (including phenoxy) is 2. The van der Waals surface area contributed by atoms with Gasteiger partial charge in [0, 0.05) is 17.3 Å². The highest BCUT2D eigenvalue weighted by Gasteiger charge is 2.12. The van der Waals surface area contributed by atoms with Crippen LogP contribution < -0.4 is 14.9 Å². The van der Waals surface area contributed by atoms with E-state index in [0.717, 1.165) is 34.7 Å². The molecule has 7 heteroatoms. The summed E-state index contributed by atoms with van der Waals surface area (Å²) >= 11 is 0. The van der Waals surface area contributed by atoms with Gasteiger partial charge in [0.1, 0.15) is 17.2 Å². The highest BCUT2D eigenvalue weighted by Crippen LogP contribution is 2.25. The molecule has 172 valence electrons. The predicted octanol–water partition coefficient (Wildman–Crippen LogP) is 4.86. The molecule has 0 aliphatic heterocycles. The van der Waals surface area contributed by atoms with Crippen molar-refractivity contribution in [2.24, 2.45) is 5.10 Å². The second-order valence-electron chi connectivity index (χ2n) is 7.48. The van der Waals surface area contributed by atoms with E-state index in [-0.39, 0.29) is 12.5 Å². The summed E-state index contributed by atoms with van der Waals surface area (Å²) < 4.78 is 12.9. The third-order valence-corrected chi connectivity index (χ3v) is 4.87. The highest BCUT2D eigenvalue weighted by molar-refractivity contribution is 5.89. The molecular formula is C27H26N4O3. The lowest BCUT2D eigenvalue weighted by atomic mass is 10.1. The molecule has 1 heterocycles. The maximum absolute atomic E-state index is 12.1. The average molecular weight is 455 g/mol. The Morgan fingerprint density at radius 2 is 1.62 bits per heavy atom. The number of rotatable bonds is 10. The van der Waals surface area contributed by atoms with Crippen molar-refractivity contribution in [2.75, 3.05) is 13.2 Å². The van der Waals surface area contributed by atoms with Gasteiger partial charge in [0.15, 0.2) is 6.61 Å². The Balaban J connectivity index is 1.50. The summed E-state index contributed by atoms with van der Waals surface area (Å²) in [6.07, 6.45) is 4.41. The first-order chi connectivity index (χ1) is 16.7. The van der Waals surface area contributed by atoms with Crippen LogP contribution in [0.15, 0.2) is 96.2 Å². The average Bonchev–Trinajstić information content (AvgIpc) is 3.32. The first-order valence-electron chi connectivity index (χ1n) is 11.1. The van der Waals surface area contributed by atoms with Gasteiger partial charge in [-0.15, -0.1) is 0 Å². The molecule has 7 nitrogen and oxygen atoms in total. The van der Waals surface area contributed by atoms with Gasteiger partial charge >= 0.3 is 0 Å². The standard InChI is InChI=1S/C27H26N4O3/c1-2-17-33-25-15-13-21(14-16-25)27-22(19-31(30-27)23-9-5-3-6-10-23)18-28-29-26(32)20-34-24-11-7-4-8-12-24/h3-16,18-19H,2,17,20H2,1H3,(H,29,32)/b28-18+. The minimum absolute atomic E-state index is 0.128. The number of para-hydroxylation sites is 2. The molecule has 0 saturated carbocycles. The van der Waals surface area contributed by atoms with Gasteiger partial charge in [-0.2, -0.15) is 10.2 Å². The maximum atomic E-state index is 12.1. The lowest BCUT2D eigenvalue weighted by Gasteiger charge is -2.05. The topological polar surface area (TPSA) is 77.7 Å². The third-order valence-electron chi connectivity index (χ3n) is 4.87. The SMILES string of the molecule is CCCOc1ccc(-c2nn(-c3ccccc3)cc2/C=N/NC(=O)COc2ccccc2)cc1. The van der Waals surface area contributed by atoms with Gasteiger partial charge in [-0.3, -0.25) is 4.79 Å². The molecule has 4 rings (SSSR count). The second-order valence-corrected chi connectivity index (χ2v) is 7.48. The van der Waals surface area contributed by atoms with Crippen molar-refractivity contribution in [1.82, 2.24) is 15.2 Å². The zero-order chi connectivity index (χ0) is 23.6. The third kappa shape index (κ3) is 6.10. The molecule has 0 atom stereocenters. The highest BCUT2D eigenvalue weighted by atomic mass is 16.5. The molecule has 1 amide bonds. The summed E-state index contributed by atoms with van der Waals surface area (Å²) in [6.45, 7) is 2.62. The zero-order valence-electron chi connectivity index (χ0n) is 18.9. The lowest BCUT2D eigenvalue weighted by molar-refractivity contribution is -0.123. The van der Waals surface area contributed by atoms with Gasteiger partial charge in [0.05, 0.1) is 18.5 Å². The molecule has 0 spiro atoms. The van der Waals surface area contributed by atoms with Crippen molar-refractivity contribution in [3.63, 3.8) is 0 Å². The molecule has 4 aromatic rings. The van der Waals surface area contributed by atoms with Crippen LogP contribution in [0.2, 0.25) is 0 Å². The van der Waals surface area contributed by atoms with Crippen LogP contribution in [0.4, 0.5) is 0 Å². The largest absolute Gasteiger partial charge is 0.494 e. The summed E-state index contributed by atoms with van der Waals surface area (Å²) in [6, 6.07) is 26.8. The number of carbonyl (C=O) groups is 1. The molecule has 0 fully saturated rings. The number of nitrogens with one attached hydrogen (secondary N) is 1. The number of carbonyl (C=O) groups excluding carboxylic acids is 1. The molecule has 0 radical (unpaired) electrons. The van der Waals surface area contributed by atoms with Crippen LogP contribution in [0.3, 0.4) is 0 Å². The minimum atomic E-state index is -0.352. The molecule has 1 N–H and O–H groups in total. The van der Waals surface area contributed by atoms with E-state index in [2.05, 4.69) is 17.5 Å². The minimum Gasteiger partial charge on any atom is -0.494 e. The van der Waals surface area contributed by atoms with Crippen LogP contribution >= 0.6 is 0 Å². The summed E-state index contributed by atoms with van der Waals surface area (Å²) in [5.41, 5.74) is 5.85. The van der Waals surface area contributed by atoms with Crippen molar-refractivity contribution in [3.05, 3.63) is 96.7 Å². The lowest BCUT2D eigenvalue weighted by Crippen LogP contribution is -2.24. The van der Waals surface area contributed by atoms with E-state index in [0.29, 0.717) is 12.4 Å². The molecule has 34 heavy (non-hydrogen) atoms. The van der Waals surface area contributed by atoms with E-state index in [1.807, 2.05) is 79.0 Å². The van der Waals surface area contributed by atoms with Gasteiger partial charge in [-0.25, -0.2) is 10.1 Å². The predicted molar refractivity (Wildman–Crippen MR) is 132 cm³/mol. The fourth-order valence-electron chi connectivity index (χ4n) is 3.22. The van der Waals surface area contributed by atoms with Crippen molar-refractivity contribution in [3.8, 4) is 28.4 Å². The number of nitrogens with zero attached hydrogens (tertiary/aromatic N) is 3. The first-order valence-corrected chi connectivity index (χ1v) is 11.1. The summed E-state index contributed by atoms with van der Waals surface area (Å²) in [5, 5.41) is 8.89. The van der Waals surface area contributed by atoms with Crippen LogP contribution in [-0.4, -0.2) is 35.1 Å². The quantitative estimate of drug-likeness (QED) is 0.274. The molecule has 3 aromatic carbocycles. The van der Waals surface area contributed by atoms with Gasteiger partial charge in [0.2, 0.25) is 0 Å². The van der Waals surface area contributed by atoms with Crippen molar-refractivity contribution < 1.29 is 14.3 Å². The summed E-state index contributed by atoms with van der Waals surface area (Å²) in [5.74, 6) is 1.09. The molecule has 0 aliphatic carbocycles. The van der Waals surface area contributed by atoms with Crippen LogP contribution in [0.5, 0.6) is 11.5 Å². The number of aromatic nitrogens is 2. The van der Waals surface area contributed by atoms with Crippen molar-refractivity contribution in [1.29, 1.82) is 0 Å². The second kappa shape index (κ2) is 11.5. The molecule has 0 unspecified atom stereocenters. The Hall–Kier alpha value is -4.39. The summed E-state index contributed by atoms with van der Waals surface area (Å²) in [4.78, 5) is 12.1. The molecule has 0 saturated heterocycles. The van der Waals surface area contributed by atoms with E-state index in [1.165, 1.54) is 0 Å². The van der Waals surface area contributed by atoms with Crippen molar-refractivity contribution >= 4 is 12.1 Å². The number of amides is 1. The van der Waals surface area contributed by atoms with Gasteiger partial charge in [-0.1, -0.05) is 43.3 Å². The van der Waals surface area contributed by atoms with E-state index in [4.69, 9.17) is 14.6 Å². The van der Waals surface area contributed by atoms with E-state index >= 15 is 0 Å². The van der Waals surface area contributed by atoms with Gasteiger partial charge < -0.3 is 9.47 Å². The van der Waals surface area contributed by atoms with Crippen molar-refractivity contribution in [2.45, 2.75) is 13.3 Å². The summed E-state index contributed by atoms with van der Waals surface area (Å²) in [7, 11) is 0. The van der Waals surface area contributed by atoms with Gasteiger partial charge in [0.25, 0.3) is 5.91 Å².